The first-order valence-electron chi connectivity index (χ1n) is 4.25. The highest BCUT2D eigenvalue weighted by atomic mass is 35.7. The van der Waals surface area contributed by atoms with Crippen LogP contribution in [-0.2, 0) is 15.5 Å². The van der Waals surface area contributed by atoms with E-state index < -0.39 is 9.05 Å². The first kappa shape index (κ1) is 12.1. The van der Waals surface area contributed by atoms with E-state index in [1.807, 2.05) is 24.3 Å². The van der Waals surface area contributed by atoms with Crippen molar-refractivity contribution in [3.05, 3.63) is 41.3 Å². The summed E-state index contributed by atoms with van der Waals surface area (Å²) in [5.74, 6) is 0.771. The van der Waals surface area contributed by atoms with Crippen molar-refractivity contribution >= 4 is 19.7 Å². The average molecular weight is 247 g/mol. The van der Waals surface area contributed by atoms with Gasteiger partial charge in [0.25, 0.3) is 9.05 Å². The molecule has 0 radical (unpaired) electrons. The molecule has 0 atom stereocenters. The van der Waals surface area contributed by atoms with Crippen molar-refractivity contribution in [1.29, 1.82) is 0 Å². The molecule has 0 saturated carbocycles. The van der Waals surface area contributed by atoms with E-state index in [1.165, 1.54) is 6.08 Å². The van der Waals surface area contributed by atoms with Crippen molar-refractivity contribution in [3.8, 4) is 5.75 Å². The highest BCUT2D eigenvalue weighted by Crippen LogP contribution is 2.12. The summed E-state index contributed by atoms with van der Waals surface area (Å²) in [5.41, 5.74) is 0.993. The van der Waals surface area contributed by atoms with Crippen molar-refractivity contribution in [2.45, 2.75) is 6.42 Å². The summed E-state index contributed by atoms with van der Waals surface area (Å²) in [6, 6.07) is 7.37. The van der Waals surface area contributed by atoms with Gasteiger partial charge < -0.3 is 4.74 Å². The van der Waals surface area contributed by atoms with Crippen molar-refractivity contribution in [1.82, 2.24) is 0 Å². The molecule has 1 aromatic rings. The Hall–Kier alpha value is -1.00. The Morgan fingerprint density at radius 1 is 1.33 bits per heavy atom. The van der Waals surface area contributed by atoms with Gasteiger partial charge in [-0.2, -0.15) is 0 Å². The van der Waals surface area contributed by atoms with E-state index in [1.54, 1.807) is 7.11 Å². The van der Waals surface area contributed by atoms with E-state index in [-0.39, 0.29) is 0 Å². The molecule has 0 saturated heterocycles. The van der Waals surface area contributed by atoms with Crippen molar-refractivity contribution in [3.63, 3.8) is 0 Å². The Balaban J connectivity index is 2.63. The molecule has 0 N–H and O–H groups in total. The molecule has 0 heterocycles. The van der Waals surface area contributed by atoms with Crippen LogP contribution in [0.25, 0.3) is 0 Å². The van der Waals surface area contributed by atoms with Gasteiger partial charge in [-0.1, -0.05) is 18.2 Å². The zero-order valence-electron chi connectivity index (χ0n) is 8.18. The highest BCUT2D eigenvalue weighted by Gasteiger charge is 1.96. The lowest BCUT2D eigenvalue weighted by Gasteiger charge is -2.00. The zero-order chi connectivity index (χ0) is 11.3. The van der Waals surface area contributed by atoms with E-state index in [4.69, 9.17) is 15.4 Å². The summed E-state index contributed by atoms with van der Waals surface area (Å²) >= 11 is 0. The van der Waals surface area contributed by atoms with Crippen LogP contribution in [0.3, 0.4) is 0 Å². The first-order valence-corrected chi connectivity index (χ1v) is 6.62. The number of rotatable bonds is 4. The van der Waals surface area contributed by atoms with Crippen LogP contribution in [-0.4, -0.2) is 15.5 Å². The van der Waals surface area contributed by atoms with Gasteiger partial charge in [-0.3, -0.25) is 0 Å². The quantitative estimate of drug-likeness (QED) is 0.766. The second kappa shape index (κ2) is 5.19. The van der Waals surface area contributed by atoms with E-state index >= 15 is 0 Å². The lowest BCUT2D eigenvalue weighted by Crippen LogP contribution is -1.85. The van der Waals surface area contributed by atoms with Gasteiger partial charge in [0.2, 0.25) is 0 Å². The van der Waals surface area contributed by atoms with Crippen LogP contribution in [0.15, 0.2) is 35.7 Å². The Bertz CT molecular complexity index is 434. The molecule has 3 nitrogen and oxygen atoms in total. The number of methoxy groups -OCH3 is 1. The molecule has 0 aliphatic rings. The molecule has 0 aliphatic carbocycles. The molecular weight excluding hydrogens is 236 g/mol. The van der Waals surface area contributed by atoms with Crippen LogP contribution in [0.5, 0.6) is 5.75 Å². The predicted molar refractivity (Wildman–Crippen MR) is 60.6 cm³/mol. The number of halogens is 1. The lowest BCUT2D eigenvalue weighted by atomic mass is 10.1. The number of hydrogen-bond acceptors (Lipinski definition) is 3. The van der Waals surface area contributed by atoms with Crippen LogP contribution < -0.4 is 4.74 Å². The molecule has 1 rings (SSSR count). The summed E-state index contributed by atoms with van der Waals surface area (Å²) in [6.07, 6.45) is 2.03. The van der Waals surface area contributed by atoms with Gasteiger partial charge >= 0.3 is 0 Å². The van der Waals surface area contributed by atoms with Gasteiger partial charge in [-0.25, -0.2) is 8.42 Å². The van der Waals surface area contributed by atoms with Gasteiger partial charge in [0.1, 0.15) is 5.75 Å². The molecular formula is C10H11ClO3S. The van der Waals surface area contributed by atoms with Crippen molar-refractivity contribution < 1.29 is 13.2 Å². The van der Waals surface area contributed by atoms with Crippen LogP contribution in [0.4, 0.5) is 0 Å². The molecule has 0 bridgehead atoms. The van der Waals surface area contributed by atoms with Crippen LogP contribution in [0, 0.1) is 0 Å². The van der Waals surface area contributed by atoms with Gasteiger partial charge in [0, 0.05) is 16.1 Å². The maximum absolute atomic E-state index is 10.6. The largest absolute Gasteiger partial charge is 0.497 e. The molecule has 82 valence electrons. The van der Waals surface area contributed by atoms with E-state index in [0.29, 0.717) is 6.42 Å². The third kappa shape index (κ3) is 4.85. The zero-order valence-corrected chi connectivity index (χ0v) is 9.75. The monoisotopic (exact) mass is 246 g/mol. The molecule has 0 amide bonds. The predicted octanol–water partition coefficient (Wildman–Crippen LogP) is 2.32. The fourth-order valence-electron chi connectivity index (χ4n) is 1.06. The molecule has 5 heteroatoms. The van der Waals surface area contributed by atoms with E-state index in [9.17, 15) is 8.42 Å². The Kier molecular flexibility index (Phi) is 4.17. The smallest absolute Gasteiger partial charge is 0.254 e. The average Bonchev–Trinajstić information content (AvgIpc) is 2.17. The lowest BCUT2D eigenvalue weighted by molar-refractivity contribution is 0.414. The summed E-state index contributed by atoms with van der Waals surface area (Å²) in [5, 5.41) is 0.985. The third-order valence-electron chi connectivity index (χ3n) is 1.77. The summed E-state index contributed by atoms with van der Waals surface area (Å²) in [7, 11) is 3.06. The molecule has 0 unspecified atom stereocenters. The van der Waals surface area contributed by atoms with Gasteiger partial charge in [-0.05, 0) is 24.1 Å². The maximum Gasteiger partial charge on any atom is 0.254 e. The Morgan fingerprint density at radius 3 is 2.40 bits per heavy atom. The van der Waals surface area contributed by atoms with Crippen LogP contribution in [0.2, 0.25) is 0 Å². The van der Waals surface area contributed by atoms with Crippen LogP contribution >= 0.6 is 10.7 Å². The Labute approximate surface area is 93.7 Å². The Morgan fingerprint density at radius 2 is 1.93 bits per heavy atom. The van der Waals surface area contributed by atoms with E-state index in [0.717, 1.165) is 16.7 Å². The SMILES string of the molecule is COc1ccc(C/C=C\S(=O)(=O)Cl)cc1. The first-order chi connectivity index (χ1) is 7.01. The van der Waals surface area contributed by atoms with E-state index in [2.05, 4.69) is 0 Å². The number of ether oxygens (including phenoxy) is 1. The minimum Gasteiger partial charge on any atom is -0.497 e. The van der Waals surface area contributed by atoms with Gasteiger partial charge in [-0.15, -0.1) is 0 Å². The highest BCUT2D eigenvalue weighted by molar-refractivity contribution is 8.16. The molecule has 15 heavy (non-hydrogen) atoms. The number of hydrogen-bond donors (Lipinski definition) is 0. The summed E-state index contributed by atoms with van der Waals surface area (Å²) in [4.78, 5) is 0. The summed E-state index contributed by atoms with van der Waals surface area (Å²) in [6.45, 7) is 0. The fourth-order valence-corrected chi connectivity index (χ4v) is 1.61. The molecule has 1 aromatic carbocycles. The normalized spacial score (nSPS) is 11.9. The molecule has 0 fully saturated rings. The standard InChI is InChI=1S/C10H11ClO3S/c1-14-10-6-4-9(5-7-10)3-2-8-15(11,12)13/h2,4-8H,3H2,1H3/b8-2-. The molecule has 0 spiro atoms. The topological polar surface area (TPSA) is 43.4 Å². The fraction of sp³-hybridized carbons (Fsp3) is 0.200. The molecule has 0 aromatic heterocycles. The number of allylic oxidation sites excluding steroid dienone is 1. The third-order valence-corrected chi connectivity index (χ3v) is 2.60. The minimum atomic E-state index is -3.54. The van der Waals surface area contributed by atoms with Crippen molar-refractivity contribution in [2.75, 3.05) is 7.11 Å². The minimum absolute atomic E-state index is 0.524. The van der Waals surface area contributed by atoms with Gasteiger partial charge in [0.15, 0.2) is 0 Å². The summed E-state index contributed by atoms with van der Waals surface area (Å²) < 4.78 is 26.2. The maximum atomic E-state index is 10.6. The second-order valence-corrected chi connectivity index (χ2v) is 5.41. The number of benzene rings is 1. The van der Waals surface area contributed by atoms with Crippen LogP contribution in [0.1, 0.15) is 5.56 Å². The van der Waals surface area contributed by atoms with Crippen molar-refractivity contribution in [2.24, 2.45) is 0 Å². The molecule has 0 aliphatic heterocycles. The second-order valence-electron chi connectivity index (χ2n) is 2.90. The van der Waals surface area contributed by atoms with Gasteiger partial charge in [0.05, 0.1) is 7.11 Å².